The van der Waals surface area contributed by atoms with Crippen LogP contribution in [-0.2, 0) is 0 Å². The van der Waals surface area contributed by atoms with Gasteiger partial charge in [-0.05, 0) is 36.8 Å². The van der Waals surface area contributed by atoms with Crippen LogP contribution in [0.5, 0.6) is 0 Å². The van der Waals surface area contributed by atoms with E-state index in [1.54, 1.807) is 18.5 Å². The van der Waals surface area contributed by atoms with E-state index in [4.69, 9.17) is 0 Å². The summed E-state index contributed by atoms with van der Waals surface area (Å²) in [6.45, 7) is 1.94. The minimum atomic E-state index is -0.145. The maximum absolute atomic E-state index is 12.1. The standard InChI is InChI=1S/C14H10BrN3O/c1-8-5-10(15)6-11-12(8)17-13(18-14(11)19)9-3-2-4-16-7-9/h2-7H,1H3,(H,17,18,19). The Labute approximate surface area is 117 Å². The Morgan fingerprint density at radius 2 is 2.16 bits per heavy atom. The predicted molar refractivity (Wildman–Crippen MR) is 78.0 cm³/mol. The number of aromatic amines is 1. The molecule has 4 nitrogen and oxygen atoms in total. The normalized spacial score (nSPS) is 10.8. The second kappa shape index (κ2) is 4.59. The van der Waals surface area contributed by atoms with Crippen LogP contribution < -0.4 is 5.56 Å². The zero-order valence-electron chi connectivity index (χ0n) is 10.1. The Balaban J connectivity index is 2.34. The van der Waals surface area contributed by atoms with Crippen LogP contribution in [-0.4, -0.2) is 15.0 Å². The Kier molecular flexibility index (Phi) is 2.91. The lowest BCUT2D eigenvalue weighted by Gasteiger charge is -2.05. The van der Waals surface area contributed by atoms with E-state index in [1.807, 2.05) is 25.1 Å². The highest BCUT2D eigenvalue weighted by molar-refractivity contribution is 9.10. The number of aryl methyl sites for hydroxylation is 1. The lowest BCUT2D eigenvalue weighted by molar-refractivity contribution is 1.16. The number of benzene rings is 1. The van der Waals surface area contributed by atoms with Crippen LogP contribution in [0.3, 0.4) is 0 Å². The first kappa shape index (κ1) is 12.0. The molecule has 1 N–H and O–H groups in total. The average Bonchev–Trinajstić information content (AvgIpc) is 2.41. The van der Waals surface area contributed by atoms with Crippen molar-refractivity contribution < 1.29 is 0 Å². The summed E-state index contributed by atoms with van der Waals surface area (Å²) in [5, 5.41) is 0.583. The lowest BCUT2D eigenvalue weighted by Crippen LogP contribution is -2.10. The maximum Gasteiger partial charge on any atom is 0.259 e. The van der Waals surface area contributed by atoms with Crippen LogP contribution in [0.1, 0.15) is 5.56 Å². The highest BCUT2D eigenvalue weighted by Gasteiger charge is 2.08. The number of rotatable bonds is 1. The molecule has 0 aliphatic rings. The second-order valence-electron chi connectivity index (χ2n) is 4.28. The molecule has 19 heavy (non-hydrogen) atoms. The van der Waals surface area contributed by atoms with Crippen molar-refractivity contribution in [1.82, 2.24) is 15.0 Å². The summed E-state index contributed by atoms with van der Waals surface area (Å²) in [6.07, 6.45) is 3.36. The quantitative estimate of drug-likeness (QED) is 0.750. The van der Waals surface area contributed by atoms with E-state index in [1.165, 1.54) is 0 Å². The number of hydrogen-bond acceptors (Lipinski definition) is 3. The first-order chi connectivity index (χ1) is 9.15. The third kappa shape index (κ3) is 2.17. The van der Waals surface area contributed by atoms with Crippen LogP contribution in [0, 0.1) is 6.92 Å². The van der Waals surface area contributed by atoms with Gasteiger partial charge in [0.15, 0.2) is 0 Å². The molecule has 0 amide bonds. The molecule has 5 heteroatoms. The molecule has 0 saturated carbocycles. The number of hydrogen-bond donors (Lipinski definition) is 1. The Hall–Kier alpha value is -2.01. The third-order valence-electron chi connectivity index (χ3n) is 2.90. The summed E-state index contributed by atoms with van der Waals surface area (Å²) in [5.41, 5.74) is 2.32. The smallest absolute Gasteiger partial charge is 0.259 e. The van der Waals surface area contributed by atoms with Crippen molar-refractivity contribution >= 4 is 26.8 Å². The van der Waals surface area contributed by atoms with Crippen molar-refractivity contribution in [2.45, 2.75) is 6.92 Å². The summed E-state index contributed by atoms with van der Waals surface area (Å²) in [5.74, 6) is 0.538. The van der Waals surface area contributed by atoms with Gasteiger partial charge in [0, 0.05) is 22.4 Å². The molecule has 2 aromatic heterocycles. The minimum Gasteiger partial charge on any atom is -0.306 e. The van der Waals surface area contributed by atoms with Gasteiger partial charge in [-0.2, -0.15) is 0 Å². The van der Waals surface area contributed by atoms with Crippen molar-refractivity contribution in [1.29, 1.82) is 0 Å². The molecule has 0 spiro atoms. The van der Waals surface area contributed by atoms with Gasteiger partial charge in [-0.15, -0.1) is 0 Å². The van der Waals surface area contributed by atoms with Gasteiger partial charge in [-0.3, -0.25) is 9.78 Å². The first-order valence-corrected chi connectivity index (χ1v) is 6.55. The Bertz CT molecular complexity index is 812. The molecule has 0 radical (unpaired) electrons. The molecule has 1 aromatic carbocycles. The van der Waals surface area contributed by atoms with E-state index in [0.29, 0.717) is 16.7 Å². The number of fused-ring (bicyclic) bond motifs is 1. The van der Waals surface area contributed by atoms with Crippen LogP contribution in [0.2, 0.25) is 0 Å². The third-order valence-corrected chi connectivity index (χ3v) is 3.36. The number of H-pyrrole nitrogens is 1. The highest BCUT2D eigenvalue weighted by Crippen LogP contribution is 2.22. The summed E-state index contributed by atoms with van der Waals surface area (Å²) < 4.78 is 0.874. The van der Waals surface area contributed by atoms with Gasteiger partial charge in [0.2, 0.25) is 0 Å². The number of pyridine rings is 1. The summed E-state index contributed by atoms with van der Waals surface area (Å²) >= 11 is 3.39. The molecular formula is C14H10BrN3O. The second-order valence-corrected chi connectivity index (χ2v) is 5.19. The molecule has 3 aromatic rings. The van der Waals surface area contributed by atoms with Crippen LogP contribution >= 0.6 is 15.9 Å². The van der Waals surface area contributed by atoms with Crippen molar-refractivity contribution in [3.8, 4) is 11.4 Å². The number of halogens is 1. The van der Waals surface area contributed by atoms with Gasteiger partial charge in [-0.1, -0.05) is 15.9 Å². The first-order valence-electron chi connectivity index (χ1n) is 5.76. The zero-order chi connectivity index (χ0) is 13.4. The average molecular weight is 316 g/mol. The molecule has 0 fully saturated rings. The van der Waals surface area contributed by atoms with Crippen molar-refractivity contribution in [2.24, 2.45) is 0 Å². The SMILES string of the molecule is Cc1cc(Br)cc2c(=O)[nH]c(-c3cccnc3)nc12. The monoisotopic (exact) mass is 315 g/mol. The van der Waals surface area contributed by atoms with E-state index >= 15 is 0 Å². The fourth-order valence-electron chi connectivity index (χ4n) is 2.01. The summed E-state index contributed by atoms with van der Waals surface area (Å²) in [7, 11) is 0. The van der Waals surface area contributed by atoms with Crippen LogP contribution in [0.15, 0.2) is 45.9 Å². The molecule has 3 rings (SSSR count). The highest BCUT2D eigenvalue weighted by atomic mass is 79.9. The van der Waals surface area contributed by atoms with Crippen molar-refractivity contribution in [3.63, 3.8) is 0 Å². The fraction of sp³-hybridized carbons (Fsp3) is 0.0714. The zero-order valence-corrected chi connectivity index (χ0v) is 11.7. The van der Waals surface area contributed by atoms with E-state index in [2.05, 4.69) is 30.9 Å². The summed E-state index contributed by atoms with van der Waals surface area (Å²) in [4.78, 5) is 23.5. The van der Waals surface area contributed by atoms with Gasteiger partial charge in [0.25, 0.3) is 5.56 Å². The summed E-state index contributed by atoms with van der Waals surface area (Å²) in [6, 6.07) is 7.41. The molecule has 2 heterocycles. The minimum absolute atomic E-state index is 0.145. The van der Waals surface area contributed by atoms with Crippen molar-refractivity contribution in [2.75, 3.05) is 0 Å². The molecule has 0 aliphatic carbocycles. The topological polar surface area (TPSA) is 58.6 Å². The number of aromatic nitrogens is 3. The molecule has 0 aliphatic heterocycles. The molecule has 0 unspecified atom stereocenters. The van der Waals surface area contributed by atoms with E-state index in [-0.39, 0.29) is 5.56 Å². The maximum atomic E-state index is 12.1. The van der Waals surface area contributed by atoms with E-state index in [0.717, 1.165) is 15.6 Å². The van der Waals surface area contributed by atoms with Crippen molar-refractivity contribution in [3.05, 3.63) is 57.0 Å². The van der Waals surface area contributed by atoms with Gasteiger partial charge in [-0.25, -0.2) is 4.98 Å². The number of nitrogens with zero attached hydrogens (tertiary/aromatic N) is 2. The molecule has 0 bridgehead atoms. The Morgan fingerprint density at radius 3 is 2.89 bits per heavy atom. The molecule has 94 valence electrons. The molecule has 0 saturated heterocycles. The van der Waals surface area contributed by atoms with Gasteiger partial charge < -0.3 is 4.98 Å². The van der Waals surface area contributed by atoms with Gasteiger partial charge in [0.05, 0.1) is 10.9 Å². The Morgan fingerprint density at radius 1 is 1.32 bits per heavy atom. The fourth-order valence-corrected chi connectivity index (χ4v) is 2.58. The van der Waals surface area contributed by atoms with E-state index < -0.39 is 0 Å². The molecular weight excluding hydrogens is 306 g/mol. The largest absolute Gasteiger partial charge is 0.306 e. The van der Waals surface area contributed by atoms with Gasteiger partial charge >= 0.3 is 0 Å². The van der Waals surface area contributed by atoms with Crippen LogP contribution in [0.25, 0.3) is 22.3 Å². The van der Waals surface area contributed by atoms with E-state index in [9.17, 15) is 4.79 Å². The lowest BCUT2D eigenvalue weighted by atomic mass is 10.1. The van der Waals surface area contributed by atoms with Gasteiger partial charge in [0.1, 0.15) is 5.82 Å². The van der Waals surface area contributed by atoms with Crippen LogP contribution in [0.4, 0.5) is 0 Å². The number of nitrogens with one attached hydrogen (secondary N) is 1. The predicted octanol–water partition coefficient (Wildman–Crippen LogP) is 3.06. The molecule has 0 atom stereocenters.